The molecule has 0 bridgehead atoms. The molecular formula is C12H25NO2. The summed E-state index contributed by atoms with van der Waals surface area (Å²) in [5, 5.41) is 3.59. The van der Waals surface area contributed by atoms with Crippen LogP contribution >= 0.6 is 0 Å². The molecule has 1 N–H and O–H groups in total. The van der Waals surface area contributed by atoms with Gasteiger partial charge >= 0.3 is 0 Å². The van der Waals surface area contributed by atoms with E-state index >= 15 is 0 Å². The SMILES string of the molecule is CCC(C)NCC1(COC)CCOCC1. The summed E-state index contributed by atoms with van der Waals surface area (Å²) in [6.45, 7) is 8.11. The van der Waals surface area contributed by atoms with Crippen molar-refractivity contribution < 1.29 is 9.47 Å². The van der Waals surface area contributed by atoms with E-state index in [0.717, 1.165) is 39.2 Å². The molecule has 3 nitrogen and oxygen atoms in total. The molecular weight excluding hydrogens is 190 g/mol. The Hall–Kier alpha value is -0.120. The fourth-order valence-corrected chi connectivity index (χ4v) is 2.02. The van der Waals surface area contributed by atoms with Crippen LogP contribution in [-0.2, 0) is 9.47 Å². The van der Waals surface area contributed by atoms with Crippen LogP contribution in [0.5, 0.6) is 0 Å². The summed E-state index contributed by atoms with van der Waals surface area (Å²) in [7, 11) is 1.79. The molecule has 1 rings (SSSR count). The Morgan fingerprint density at radius 2 is 2.07 bits per heavy atom. The van der Waals surface area contributed by atoms with E-state index in [1.807, 2.05) is 0 Å². The highest BCUT2D eigenvalue weighted by Gasteiger charge is 2.32. The van der Waals surface area contributed by atoms with Crippen molar-refractivity contribution in [3.63, 3.8) is 0 Å². The van der Waals surface area contributed by atoms with E-state index < -0.39 is 0 Å². The van der Waals surface area contributed by atoms with Gasteiger partial charge in [0.2, 0.25) is 0 Å². The molecule has 1 aliphatic rings. The molecule has 3 heteroatoms. The summed E-state index contributed by atoms with van der Waals surface area (Å²) in [6.07, 6.45) is 3.41. The normalized spacial score (nSPS) is 22.6. The van der Waals surface area contributed by atoms with Crippen molar-refractivity contribution in [2.24, 2.45) is 5.41 Å². The van der Waals surface area contributed by atoms with Gasteiger partial charge in [0.1, 0.15) is 0 Å². The standard InChI is InChI=1S/C12H25NO2/c1-4-11(2)13-9-12(10-14-3)5-7-15-8-6-12/h11,13H,4-10H2,1-3H3. The van der Waals surface area contributed by atoms with Gasteiger partial charge in [-0.1, -0.05) is 6.92 Å². The van der Waals surface area contributed by atoms with Gasteiger partial charge in [0.15, 0.2) is 0 Å². The molecule has 0 aromatic carbocycles. The summed E-state index contributed by atoms with van der Waals surface area (Å²) in [5.41, 5.74) is 0.302. The third-order valence-electron chi connectivity index (χ3n) is 3.44. The number of methoxy groups -OCH3 is 1. The Kier molecular flexibility index (Phi) is 5.58. The molecule has 1 heterocycles. The van der Waals surface area contributed by atoms with E-state index in [4.69, 9.17) is 9.47 Å². The van der Waals surface area contributed by atoms with Gasteiger partial charge in [0.25, 0.3) is 0 Å². The summed E-state index contributed by atoms with van der Waals surface area (Å²) < 4.78 is 10.8. The quantitative estimate of drug-likeness (QED) is 0.733. The maximum Gasteiger partial charge on any atom is 0.0532 e. The molecule has 15 heavy (non-hydrogen) atoms. The molecule has 0 aromatic heterocycles. The first-order valence-corrected chi connectivity index (χ1v) is 6.02. The topological polar surface area (TPSA) is 30.5 Å². The highest BCUT2D eigenvalue weighted by molar-refractivity contribution is 4.84. The minimum Gasteiger partial charge on any atom is -0.384 e. The smallest absolute Gasteiger partial charge is 0.0532 e. The molecule has 0 aliphatic carbocycles. The van der Waals surface area contributed by atoms with Crippen LogP contribution < -0.4 is 5.32 Å². The molecule has 0 radical (unpaired) electrons. The summed E-state index contributed by atoms with van der Waals surface area (Å²) in [6, 6.07) is 0.599. The third kappa shape index (κ3) is 4.09. The van der Waals surface area contributed by atoms with E-state index in [0.29, 0.717) is 11.5 Å². The minimum absolute atomic E-state index is 0.302. The van der Waals surface area contributed by atoms with Crippen LogP contribution in [0.25, 0.3) is 0 Å². The highest BCUT2D eigenvalue weighted by Crippen LogP contribution is 2.30. The van der Waals surface area contributed by atoms with E-state index in [-0.39, 0.29) is 0 Å². The van der Waals surface area contributed by atoms with Crippen LogP contribution in [0.2, 0.25) is 0 Å². The second-order valence-electron chi connectivity index (χ2n) is 4.74. The Balaban J connectivity index is 2.41. The lowest BCUT2D eigenvalue weighted by Crippen LogP contribution is -2.44. The van der Waals surface area contributed by atoms with E-state index in [2.05, 4.69) is 19.2 Å². The van der Waals surface area contributed by atoms with Crippen LogP contribution in [0.15, 0.2) is 0 Å². The van der Waals surface area contributed by atoms with Gasteiger partial charge in [-0.3, -0.25) is 0 Å². The number of rotatable bonds is 6. The lowest BCUT2D eigenvalue weighted by molar-refractivity contribution is -0.0278. The molecule has 0 saturated carbocycles. The maximum absolute atomic E-state index is 5.42. The van der Waals surface area contributed by atoms with Gasteiger partial charge in [-0.25, -0.2) is 0 Å². The van der Waals surface area contributed by atoms with Crippen molar-refractivity contribution in [1.82, 2.24) is 5.32 Å². The number of hydrogen-bond acceptors (Lipinski definition) is 3. The number of hydrogen-bond donors (Lipinski definition) is 1. The Morgan fingerprint density at radius 1 is 1.40 bits per heavy atom. The predicted octanol–water partition coefficient (Wildman–Crippen LogP) is 1.82. The Morgan fingerprint density at radius 3 is 2.60 bits per heavy atom. The van der Waals surface area contributed by atoms with Gasteiger partial charge in [-0.2, -0.15) is 0 Å². The average molecular weight is 215 g/mol. The van der Waals surface area contributed by atoms with E-state index in [1.165, 1.54) is 6.42 Å². The van der Waals surface area contributed by atoms with Crippen molar-refractivity contribution in [3.05, 3.63) is 0 Å². The zero-order chi connectivity index (χ0) is 11.1. The van der Waals surface area contributed by atoms with Gasteiger partial charge in [0.05, 0.1) is 6.61 Å². The molecule has 0 amide bonds. The van der Waals surface area contributed by atoms with Gasteiger partial charge in [-0.15, -0.1) is 0 Å². The number of nitrogens with one attached hydrogen (secondary N) is 1. The fraction of sp³-hybridized carbons (Fsp3) is 1.00. The van der Waals surface area contributed by atoms with Crippen molar-refractivity contribution in [1.29, 1.82) is 0 Å². The third-order valence-corrected chi connectivity index (χ3v) is 3.44. The van der Waals surface area contributed by atoms with Crippen LogP contribution in [0.1, 0.15) is 33.1 Å². The van der Waals surface area contributed by atoms with Gasteiger partial charge in [-0.05, 0) is 26.2 Å². The van der Waals surface area contributed by atoms with Crippen molar-refractivity contribution in [2.75, 3.05) is 33.5 Å². The van der Waals surface area contributed by atoms with Crippen molar-refractivity contribution in [2.45, 2.75) is 39.2 Å². The van der Waals surface area contributed by atoms with E-state index in [9.17, 15) is 0 Å². The fourth-order valence-electron chi connectivity index (χ4n) is 2.02. The van der Waals surface area contributed by atoms with Crippen molar-refractivity contribution >= 4 is 0 Å². The molecule has 0 aromatic rings. The first-order chi connectivity index (χ1) is 7.22. The first kappa shape index (κ1) is 12.9. The minimum atomic E-state index is 0.302. The maximum atomic E-state index is 5.42. The van der Waals surface area contributed by atoms with Crippen molar-refractivity contribution in [3.8, 4) is 0 Å². The lowest BCUT2D eigenvalue weighted by atomic mass is 9.80. The zero-order valence-corrected chi connectivity index (χ0v) is 10.3. The number of ether oxygens (including phenoxy) is 2. The molecule has 1 unspecified atom stereocenters. The zero-order valence-electron chi connectivity index (χ0n) is 10.3. The Bertz CT molecular complexity index is 161. The average Bonchev–Trinajstić information content (AvgIpc) is 2.28. The van der Waals surface area contributed by atoms with Gasteiger partial charge in [0, 0.05) is 38.3 Å². The molecule has 1 saturated heterocycles. The first-order valence-electron chi connectivity index (χ1n) is 6.02. The van der Waals surface area contributed by atoms with Gasteiger partial charge < -0.3 is 14.8 Å². The van der Waals surface area contributed by atoms with Crippen LogP contribution in [0.3, 0.4) is 0 Å². The Labute approximate surface area is 93.5 Å². The summed E-state index contributed by atoms with van der Waals surface area (Å²) in [4.78, 5) is 0. The lowest BCUT2D eigenvalue weighted by Gasteiger charge is -2.37. The van der Waals surface area contributed by atoms with Crippen LogP contribution in [-0.4, -0.2) is 39.5 Å². The molecule has 1 aliphatic heterocycles. The monoisotopic (exact) mass is 215 g/mol. The molecule has 90 valence electrons. The second-order valence-corrected chi connectivity index (χ2v) is 4.74. The summed E-state index contributed by atoms with van der Waals surface area (Å²) in [5.74, 6) is 0. The molecule has 0 spiro atoms. The largest absolute Gasteiger partial charge is 0.384 e. The van der Waals surface area contributed by atoms with Crippen LogP contribution in [0, 0.1) is 5.41 Å². The second kappa shape index (κ2) is 6.46. The van der Waals surface area contributed by atoms with Crippen LogP contribution in [0.4, 0.5) is 0 Å². The molecule has 1 atom stereocenters. The predicted molar refractivity (Wildman–Crippen MR) is 62.1 cm³/mol. The summed E-state index contributed by atoms with van der Waals surface area (Å²) >= 11 is 0. The highest BCUT2D eigenvalue weighted by atomic mass is 16.5. The molecule has 1 fully saturated rings. The van der Waals surface area contributed by atoms with E-state index in [1.54, 1.807) is 7.11 Å².